The molecule has 0 spiro atoms. The Labute approximate surface area is 91.0 Å². The van der Waals surface area contributed by atoms with Crippen LogP contribution < -0.4 is 5.32 Å². The summed E-state index contributed by atoms with van der Waals surface area (Å²) in [5, 5.41) is 12.2. The van der Waals surface area contributed by atoms with Crippen molar-refractivity contribution in [3.63, 3.8) is 0 Å². The lowest BCUT2D eigenvalue weighted by atomic mass is 10.1. The molecular weight excluding hydrogens is 186 g/mol. The Balaban J connectivity index is 2.61. The monoisotopic (exact) mass is 203 g/mol. The molecule has 15 heavy (non-hydrogen) atoms. The summed E-state index contributed by atoms with van der Waals surface area (Å²) in [4.78, 5) is 0. The Morgan fingerprint density at radius 2 is 2.20 bits per heavy atom. The summed E-state index contributed by atoms with van der Waals surface area (Å²) in [6.07, 6.45) is 3.76. The Morgan fingerprint density at radius 1 is 1.47 bits per heavy atom. The third-order valence-corrected chi connectivity index (χ3v) is 2.20. The number of hydrogen-bond acceptors (Lipinski definition) is 2. The van der Waals surface area contributed by atoms with E-state index in [1.807, 2.05) is 37.3 Å². The molecule has 1 aromatic carbocycles. The van der Waals surface area contributed by atoms with Gasteiger partial charge in [-0.2, -0.15) is 0 Å². The van der Waals surface area contributed by atoms with Crippen LogP contribution in [0.4, 0.5) is 0 Å². The maximum atomic E-state index is 8.98. The highest BCUT2D eigenvalue weighted by molar-refractivity contribution is 5.24. The molecule has 1 aromatic rings. The molecule has 0 aliphatic rings. The quantitative estimate of drug-likeness (QED) is 0.720. The van der Waals surface area contributed by atoms with Gasteiger partial charge in [0.25, 0.3) is 0 Å². The van der Waals surface area contributed by atoms with Gasteiger partial charge in [-0.3, -0.25) is 0 Å². The highest BCUT2D eigenvalue weighted by Gasteiger charge is 1.95. The third-order valence-electron chi connectivity index (χ3n) is 2.20. The number of rotatable bonds is 5. The van der Waals surface area contributed by atoms with Crippen LogP contribution in [0.2, 0.25) is 0 Å². The first-order chi connectivity index (χ1) is 7.30. The smallest absolute Gasteiger partial charge is 0.0681 e. The van der Waals surface area contributed by atoms with E-state index in [4.69, 9.17) is 5.11 Å². The van der Waals surface area contributed by atoms with Crippen LogP contribution in [0.15, 0.2) is 48.7 Å². The van der Waals surface area contributed by atoms with Gasteiger partial charge in [-0.05, 0) is 24.1 Å². The van der Waals surface area contributed by atoms with Gasteiger partial charge in [0.05, 0.1) is 6.61 Å². The zero-order valence-electron chi connectivity index (χ0n) is 9.03. The van der Waals surface area contributed by atoms with E-state index in [1.54, 1.807) is 6.08 Å². The van der Waals surface area contributed by atoms with E-state index in [2.05, 4.69) is 11.9 Å². The minimum atomic E-state index is 0.0891. The summed E-state index contributed by atoms with van der Waals surface area (Å²) in [7, 11) is 0. The number of aliphatic hydroxyl groups is 1. The van der Waals surface area contributed by atoms with Crippen molar-refractivity contribution in [2.45, 2.75) is 20.1 Å². The maximum Gasteiger partial charge on any atom is 0.0681 e. The van der Waals surface area contributed by atoms with Crippen molar-refractivity contribution in [1.29, 1.82) is 0 Å². The highest BCUT2D eigenvalue weighted by atomic mass is 16.3. The summed E-state index contributed by atoms with van der Waals surface area (Å²) in [5.41, 5.74) is 3.11. The molecule has 0 bridgehead atoms. The van der Waals surface area contributed by atoms with Crippen molar-refractivity contribution in [3.05, 3.63) is 59.8 Å². The molecule has 0 fully saturated rings. The molecule has 0 atom stereocenters. The molecule has 0 saturated carbocycles. The van der Waals surface area contributed by atoms with Gasteiger partial charge in [0.15, 0.2) is 0 Å². The molecule has 0 aromatic heterocycles. The predicted molar refractivity (Wildman–Crippen MR) is 63.2 cm³/mol. The van der Waals surface area contributed by atoms with Gasteiger partial charge < -0.3 is 10.4 Å². The van der Waals surface area contributed by atoms with E-state index in [0.29, 0.717) is 0 Å². The lowest BCUT2D eigenvalue weighted by Crippen LogP contribution is -2.10. The number of benzene rings is 1. The standard InChI is InChI=1S/C13H17NO/c1-3-13(4-2)14-9-11-6-5-7-12(8-11)10-15/h3-8,14-15H,1,9-10H2,2H3/b13-4+. The topological polar surface area (TPSA) is 32.3 Å². The molecule has 1 rings (SSSR count). The molecule has 0 saturated heterocycles. The van der Waals surface area contributed by atoms with Crippen molar-refractivity contribution in [1.82, 2.24) is 5.32 Å². The molecule has 80 valence electrons. The zero-order chi connectivity index (χ0) is 11.1. The van der Waals surface area contributed by atoms with Gasteiger partial charge in [-0.1, -0.05) is 36.9 Å². The molecule has 2 nitrogen and oxygen atoms in total. The normalized spacial score (nSPS) is 11.2. The third kappa shape index (κ3) is 3.60. The fourth-order valence-corrected chi connectivity index (χ4v) is 1.33. The van der Waals surface area contributed by atoms with E-state index in [0.717, 1.165) is 23.4 Å². The van der Waals surface area contributed by atoms with E-state index >= 15 is 0 Å². The first-order valence-electron chi connectivity index (χ1n) is 5.01. The largest absolute Gasteiger partial charge is 0.392 e. The summed E-state index contributed by atoms with van der Waals surface area (Å²) in [5.74, 6) is 0. The first kappa shape index (κ1) is 11.5. The molecule has 0 heterocycles. The summed E-state index contributed by atoms with van der Waals surface area (Å²) >= 11 is 0. The Kier molecular flexibility index (Phi) is 4.64. The second-order valence-electron chi connectivity index (χ2n) is 3.28. The van der Waals surface area contributed by atoms with Crippen LogP contribution in [0.25, 0.3) is 0 Å². The van der Waals surface area contributed by atoms with Crippen molar-refractivity contribution in [3.8, 4) is 0 Å². The average Bonchev–Trinajstić information content (AvgIpc) is 2.31. The number of nitrogens with one attached hydrogen (secondary N) is 1. The van der Waals surface area contributed by atoms with Gasteiger partial charge in [-0.15, -0.1) is 0 Å². The van der Waals surface area contributed by atoms with Crippen molar-refractivity contribution in [2.24, 2.45) is 0 Å². The van der Waals surface area contributed by atoms with Crippen molar-refractivity contribution in [2.75, 3.05) is 0 Å². The van der Waals surface area contributed by atoms with Gasteiger partial charge in [0, 0.05) is 12.2 Å². The van der Waals surface area contributed by atoms with E-state index in [1.165, 1.54) is 0 Å². The lowest BCUT2D eigenvalue weighted by molar-refractivity contribution is 0.281. The maximum absolute atomic E-state index is 8.98. The second-order valence-corrected chi connectivity index (χ2v) is 3.28. The Hall–Kier alpha value is -1.54. The molecule has 0 aliphatic carbocycles. The van der Waals surface area contributed by atoms with E-state index < -0.39 is 0 Å². The molecule has 0 amide bonds. The number of allylic oxidation sites excluding steroid dienone is 2. The van der Waals surface area contributed by atoms with Crippen molar-refractivity contribution >= 4 is 0 Å². The van der Waals surface area contributed by atoms with Crippen LogP contribution >= 0.6 is 0 Å². The highest BCUT2D eigenvalue weighted by Crippen LogP contribution is 2.05. The first-order valence-corrected chi connectivity index (χ1v) is 5.01. The average molecular weight is 203 g/mol. The lowest BCUT2D eigenvalue weighted by Gasteiger charge is -2.07. The van der Waals surface area contributed by atoms with E-state index in [-0.39, 0.29) is 6.61 Å². The van der Waals surface area contributed by atoms with Gasteiger partial charge in [0.2, 0.25) is 0 Å². The zero-order valence-corrected chi connectivity index (χ0v) is 9.03. The fourth-order valence-electron chi connectivity index (χ4n) is 1.33. The molecule has 0 aliphatic heterocycles. The van der Waals surface area contributed by atoms with Crippen LogP contribution in [0.3, 0.4) is 0 Å². The Morgan fingerprint density at radius 3 is 2.80 bits per heavy atom. The van der Waals surface area contributed by atoms with Gasteiger partial charge >= 0.3 is 0 Å². The Bertz CT molecular complexity index is 355. The summed E-state index contributed by atoms with van der Waals surface area (Å²) in [6, 6.07) is 7.88. The van der Waals surface area contributed by atoms with Crippen LogP contribution in [0.1, 0.15) is 18.1 Å². The number of aliphatic hydroxyl groups excluding tert-OH is 1. The molecule has 0 unspecified atom stereocenters. The van der Waals surface area contributed by atoms with Crippen LogP contribution in [-0.4, -0.2) is 5.11 Å². The minimum absolute atomic E-state index is 0.0891. The fraction of sp³-hybridized carbons (Fsp3) is 0.231. The van der Waals surface area contributed by atoms with Crippen molar-refractivity contribution < 1.29 is 5.11 Å². The summed E-state index contributed by atoms with van der Waals surface area (Å²) in [6.45, 7) is 6.51. The summed E-state index contributed by atoms with van der Waals surface area (Å²) < 4.78 is 0. The SMILES string of the molecule is C=C/C(=C\C)NCc1cccc(CO)c1. The number of hydrogen-bond donors (Lipinski definition) is 2. The predicted octanol–water partition coefficient (Wildman–Crippen LogP) is 2.36. The van der Waals surface area contributed by atoms with E-state index in [9.17, 15) is 0 Å². The molecular formula is C13H17NO. The van der Waals surface area contributed by atoms with Crippen LogP contribution in [-0.2, 0) is 13.2 Å². The van der Waals surface area contributed by atoms with Crippen LogP contribution in [0, 0.1) is 0 Å². The van der Waals surface area contributed by atoms with Gasteiger partial charge in [-0.25, -0.2) is 0 Å². The molecule has 0 radical (unpaired) electrons. The molecule has 2 heteroatoms. The second kappa shape index (κ2) is 6.04. The van der Waals surface area contributed by atoms with Crippen LogP contribution in [0.5, 0.6) is 0 Å². The van der Waals surface area contributed by atoms with Gasteiger partial charge in [0.1, 0.15) is 0 Å². The molecule has 2 N–H and O–H groups in total. The minimum Gasteiger partial charge on any atom is -0.392 e.